The first-order valence-electron chi connectivity index (χ1n) is 14.5. The van der Waals surface area contributed by atoms with Crippen molar-refractivity contribution < 1.29 is 27.4 Å². The van der Waals surface area contributed by atoms with Crippen molar-refractivity contribution in [3.05, 3.63) is 98.1 Å². The molecule has 2 aliphatic heterocycles. The van der Waals surface area contributed by atoms with E-state index in [0.717, 1.165) is 28.8 Å². The Balaban J connectivity index is 1.42. The van der Waals surface area contributed by atoms with Crippen LogP contribution in [0, 0.1) is 17.5 Å². The number of aromatic nitrogens is 3. The maximum Gasteiger partial charge on any atom is 0.410 e. The van der Waals surface area contributed by atoms with Gasteiger partial charge in [-0.15, -0.1) is 0 Å². The van der Waals surface area contributed by atoms with Crippen LogP contribution in [-0.4, -0.2) is 63.0 Å². The number of carbonyl (C=O) groups is 1. The van der Waals surface area contributed by atoms with E-state index >= 15 is 0 Å². The van der Waals surface area contributed by atoms with Crippen LogP contribution in [0.25, 0.3) is 10.9 Å². The fourth-order valence-electron chi connectivity index (χ4n) is 6.18. The van der Waals surface area contributed by atoms with Crippen molar-refractivity contribution in [3.8, 4) is 5.88 Å². The molecule has 2 atom stereocenters. The third kappa shape index (κ3) is 5.62. The number of hydrogen-bond donors (Lipinski definition) is 0. The first-order valence-corrected chi connectivity index (χ1v) is 14.5. The molecular weight excluding hydrogens is 591 g/mol. The molecule has 10 nitrogen and oxygen atoms in total. The lowest BCUT2D eigenvalue weighted by molar-refractivity contribution is 0.0214. The summed E-state index contributed by atoms with van der Waals surface area (Å²) in [7, 11) is 1.42. The van der Waals surface area contributed by atoms with Crippen molar-refractivity contribution >= 4 is 22.7 Å². The number of benzene rings is 2. The lowest BCUT2D eigenvalue weighted by Crippen LogP contribution is -2.50. The Labute approximate surface area is 256 Å². The number of hydrogen-bond acceptors (Lipinski definition) is 7. The predicted molar refractivity (Wildman–Crippen MR) is 160 cm³/mol. The van der Waals surface area contributed by atoms with E-state index in [4.69, 9.17) is 9.47 Å². The number of carbonyl (C=O) groups excluding carboxylic acids is 1. The number of nitrogens with zero attached hydrogens (tertiary/aromatic N) is 5. The van der Waals surface area contributed by atoms with E-state index in [9.17, 15) is 27.6 Å². The van der Waals surface area contributed by atoms with Crippen LogP contribution in [0.3, 0.4) is 0 Å². The number of amides is 1. The number of likely N-dealkylation sites (tertiary alicyclic amines) is 1. The molecule has 2 aromatic carbocycles. The Morgan fingerprint density at radius 3 is 2.36 bits per heavy atom. The summed E-state index contributed by atoms with van der Waals surface area (Å²) in [6.07, 6.45) is 1.87. The summed E-state index contributed by atoms with van der Waals surface area (Å²) in [5.74, 6) is -4.16. The highest BCUT2D eigenvalue weighted by atomic mass is 19.2. The number of halogens is 3. The average Bonchev–Trinajstić information content (AvgIpc) is 3.61. The van der Waals surface area contributed by atoms with Gasteiger partial charge in [0.1, 0.15) is 5.60 Å². The number of ether oxygens (including phenoxy) is 2. The molecule has 4 aromatic rings. The molecule has 4 heterocycles. The van der Waals surface area contributed by atoms with E-state index in [1.54, 1.807) is 35.2 Å². The second-order valence-corrected chi connectivity index (χ2v) is 12.3. The summed E-state index contributed by atoms with van der Waals surface area (Å²) in [6.45, 7) is 5.91. The quantitative estimate of drug-likeness (QED) is 0.296. The molecule has 2 fully saturated rings. The number of rotatable bonds is 6. The number of pyridine rings is 1. The number of anilines is 1. The SMILES string of the molecule is COc1ncccc1Cn1c(=O)c2ccc(N3C[C@H]4C[C@@H]3CN4C(=O)OC(C)(C)C)cc2n(Cc2cc(F)c(F)c(F)c2)c1=O. The van der Waals surface area contributed by atoms with Gasteiger partial charge in [-0.1, -0.05) is 6.07 Å². The molecule has 0 radical (unpaired) electrons. The Kier molecular flexibility index (Phi) is 7.58. The minimum Gasteiger partial charge on any atom is -0.481 e. The van der Waals surface area contributed by atoms with Crippen molar-refractivity contribution in [1.29, 1.82) is 0 Å². The molecule has 13 heteroatoms. The van der Waals surface area contributed by atoms with E-state index in [1.807, 2.05) is 20.8 Å². The summed E-state index contributed by atoms with van der Waals surface area (Å²) in [4.78, 5) is 48.5. The van der Waals surface area contributed by atoms with Gasteiger partial charge in [0.2, 0.25) is 5.88 Å². The number of piperazine rings is 1. The summed E-state index contributed by atoms with van der Waals surface area (Å²) in [5.41, 5.74) is -0.491. The molecule has 0 spiro atoms. The van der Waals surface area contributed by atoms with Gasteiger partial charge in [0.25, 0.3) is 5.56 Å². The fraction of sp³-hybridized carbons (Fsp3) is 0.375. The molecule has 45 heavy (non-hydrogen) atoms. The maximum atomic E-state index is 14.2. The van der Waals surface area contributed by atoms with Crippen LogP contribution in [0.2, 0.25) is 0 Å². The fourth-order valence-corrected chi connectivity index (χ4v) is 6.18. The third-order valence-corrected chi connectivity index (χ3v) is 8.17. The largest absolute Gasteiger partial charge is 0.481 e. The van der Waals surface area contributed by atoms with Crippen LogP contribution in [0.4, 0.5) is 23.7 Å². The Morgan fingerprint density at radius 2 is 1.71 bits per heavy atom. The van der Waals surface area contributed by atoms with Crippen LogP contribution >= 0.6 is 0 Å². The monoisotopic (exact) mass is 623 g/mol. The van der Waals surface area contributed by atoms with Gasteiger partial charge in [0.15, 0.2) is 17.5 Å². The lowest BCUT2D eigenvalue weighted by Gasteiger charge is -2.36. The highest BCUT2D eigenvalue weighted by Crippen LogP contribution is 2.36. The number of methoxy groups -OCH3 is 1. The van der Waals surface area contributed by atoms with E-state index in [2.05, 4.69) is 9.88 Å². The van der Waals surface area contributed by atoms with E-state index in [-0.39, 0.29) is 53.6 Å². The van der Waals surface area contributed by atoms with E-state index in [0.29, 0.717) is 18.7 Å². The van der Waals surface area contributed by atoms with Crippen LogP contribution in [0.1, 0.15) is 38.3 Å². The summed E-state index contributed by atoms with van der Waals surface area (Å²) < 4.78 is 55.2. The Hall–Kier alpha value is -4.81. The topological polar surface area (TPSA) is 98.9 Å². The van der Waals surface area contributed by atoms with Crippen LogP contribution in [0.5, 0.6) is 5.88 Å². The molecule has 0 N–H and O–H groups in total. The zero-order valence-electron chi connectivity index (χ0n) is 25.2. The lowest BCUT2D eigenvalue weighted by atomic mass is 10.1. The first kappa shape index (κ1) is 30.2. The van der Waals surface area contributed by atoms with Crippen molar-refractivity contribution in [1.82, 2.24) is 19.0 Å². The average molecular weight is 624 g/mol. The molecule has 0 aliphatic carbocycles. The summed E-state index contributed by atoms with van der Waals surface area (Å²) >= 11 is 0. The standard InChI is InChI=1S/C32H32F3N5O5/c1-32(2,3)45-31(43)38-17-21-12-22(38)16-37(21)20-7-8-23-26(13-20)39(14-18-10-24(33)27(35)25(34)11-18)30(42)40(29(23)41)15-19-6-5-9-36-28(19)44-4/h5-11,13,21-22H,12,14-17H2,1-4H3/t21-,22-/m1/s1. The molecule has 0 saturated carbocycles. The van der Waals surface area contributed by atoms with Crippen LogP contribution in [-0.2, 0) is 17.8 Å². The van der Waals surface area contributed by atoms with Crippen molar-refractivity contribution in [2.24, 2.45) is 0 Å². The normalized spacial score (nSPS) is 17.8. The minimum atomic E-state index is -1.61. The second kappa shape index (κ2) is 11.3. The van der Waals surface area contributed by atoms with E-state index in [1.165, 1.54) is 17.9 Å². The van der Waals surface area contributed by atoms with Crippen molar-refractivity contribution in [2.45, 2.75) is 58.0 Å². The molecule has 6 rings (SSSR count). The second-order valence-electron chi connectivity index (χ2n) is 12.3. The third-order valence-electron chi connectivity index (χ3n) is 8.17. The smallest absolute Gasteiger partial charge is 0.410 e. The van der Waals surface area contributed by atoms with Gasteiger partial charge in [-0.25, -0.2) is 27.7 Å². The highest BCUT2D eigenvalue weighted by Gasteiger charge is 2.46. The zero-order valence-corrected chi connectivity index (χ0v) is 25.2. The minimum absolute atomic E-state index is 0.00223. The molecule has 2 aliphatic rings. The maximum absolute atomic E-state index is 14.2. The van der Waals surface area contributed by atoms with Gasteiger partial charge in [-0.3, -0.25) is 13.9 Å². The van der Waals surface area contributed by atoms with Crippen molar-refractivity contribution in [3.63, 3.8) is 0 Å². The molecule has 1 amide bonds. The molecule has 2 bridgehead atoms. The number of fused-ring (bicyclic) bond motifs is 3. The Bertz CT molecular complexity index is 1910. The van der Waals surface area contributed by atoms with Gasteiger partial charge < -0.3 is 19.3 Å². The van der Waals surface area contributed by atoms with E-state index < -0.39 is 34.3 Å². The molecule has 2 aromatic heterocycles. The van der Waals surface area contributed by atoms with Gasteiger partial charge in [-0.2, -0.15) is 0 Å². The molecule has 2 saturated heterocycles. The summed E-state index contributed by atoms with van der Waals surface area (Å²) in [6, 6.07) is 9.97. The van der Waals surface area contributed by atoms with Crippen LogP contribution in [0.15, 0.2) is 58.3 Å². The highest BCUT2D eigenvalue weighted by molar-refractivity contribution is 5.83. The van der Waals surface area contributed by atoms with Crippen LogP contribution < -0.4 is 20.9 Å². The van der Waals surface area contributed by atoms with Gasteiger partial charge in [0.05, 0.1) is 37.1 Å². The predicted octanol–water partition coefficient (Wildman–Crippen LogP) is 4.28. The van der Waals surface area contributed by atoms with Gasteiger partial charge >= 0.3 is 11.8 Å². The molecule has 0 unspecified atom stereocenters. The Morgan fingerprint density at radius 1 is 0.978 bits per heavy atom. The molecular formula is C32H32F3N5O5. The summed E-state index contributed by atoms with van der Waals surface area (Å²) in [5, 5.41) is 0.198. The van der Waals surface area contributed by atoms with Crippen molar-refractivity contribution in [2.75, 3.05) is 25.1 Å². The molecule has 236 valence electrons. The zero-order chi connectivity index (χ0) is 32.2. The van der Waals surface area contributed by atoms with Gasteiger partial charge in [-0.05, 0) is 69.2 Å². The first-order chi connectivity index (χ1) is 21.3. The van der Waals surface area contributed by atoms with Gasteiger partial charge in [0, 0.05) is 36.6 Å².